The monoisotopic (exact) mass is 292 g/mol. The van der Waals surface area contributed by atoms with Gasteiger partial charge in [0.15, 0.2) is 5.69 Å². The molecule has 0 atom stereocenters. The smallest absolute Gasteiger partial charge is 0.497 e. The fourth-order valence-electron chi connectivity index (χ4n) is 1.70. The molecule has 0 spiro atoms. The largest absolute Gasteiger partial charge is 1.00 e. The van der Waals surface area contributed by atoms with Crippen LogP contribution in [0.15, 0.2) is 52.5 Å². The van der Waals surface area contributed by atoms with E-state index in [1.165, 1.54) is 4.57 Å². The summed E-state index contributed by atoms with van der Waals surface area (Å²) in [5.41, 5.74) is 1.67. The van der Waals surface area contributed by atoms with Gasteiger partial charge in [-0.25, -0.2) is 4.57 Å². The van der Waals surface area contributed by atoms with Gasteiger partial charge in [0.1, 0.15) is 0 Å². The maximum absolute atomic E-state index is 11.8. The van der Waals surface area contributed by atoms with Gasteiger partial charge in [-0.15, -0.1) is 0 Å². The number of aromatic nitrogens is 2. The van der Waals surface area contributed by atoms with Gasteiger partial charge < -0.3 is 12.4 Å². The molecule has 0 N–H and O–H groups in total. The average Bonchev–Trinajstić information content (AvgIpc) is 2.45. The van der Waals surface area contributed by atoms with Gasteiger partial charge in [-0.05, 0) is 12.1 Å². The van der Waals surface area contributed by atoms with E-state index in [0.717, 1.165) is 11.4 Å². The lowest BCUT2D eigenvalue weighted by molar-refractivity contribution is -0.690. The minimum atomic E-state index is -0.0775. The second kappa shape index (κ2) is 6.86. The van der Waals surface area contributed by atoms with Crippen molar-refractivity contribution >= 4 is 11.9 Å². The second-order valence-corrected chi connectivity index (χ2v) is 4.30. The third kappa shape index (κ3) is 3.45. The maximum Gasteiger partial charge on any atom is 0.497 e. The van der Waals surface area contributed by atoms with Crippen LogP contribution in [0.2, 0.25) is 0 Å². The molecular formula is C14H17ClN4O. The fourth-order valence-corrected chi connectivity index (χ4v) is 1.70. The van der Waals surface area contributed by atoms with Crippen LogP contribution in [-0.2, 0) is 14.1 Å². The van der Waals surface area contributed by atoms with E-state index in [1.807, 2.05) is 43.4 Å². The Hall–Kier alpha value is -2.14. The van der Waals surface area contributed by atoms with Gasteiger partial charge in [0.05, 0.1) is 32.2 Å². The van der Waals surface area contributed by atoms with Gasteiger partial charge in [0, 0.05) is 13.1 Å². The van der Waals surface area contributed by atoms with Gasteiger partial charge >= 0.3 is 5.69 Å². The maximum atomic E-state index is 11.8. The zero-order valence-electron chi connectivity index (χ0n) is 11.7. The molecule has 0 saturated heterocycles. The molecule has 0 saturated carbocycles. The predicted molar refractivity (Wildman–Crippen MR) is 75.3 cm³/mol. The summed E-state index contributed by atoms with van der Waals surface area (Å²) in [6.07, 6.45) is 3.40. The molecule has 0 fully saturated rings. The van der Waals surface area contributed by atoms with Gasteiger partial charge in [0.2, 0.25) is 0 Å². The first kappa shape index (κ1) is 15.9. The molecule has 2 aromatic rings. The Bertz CT molecular complexity index is 652. The topological polar surface area (TPSA) is 41.5 Å². The van der Waals surface area contributed by atoms with Crippen LogP contribution in [0.25, 0.3) is 0 Å². The van der Waals surface area contributed by atoms with Crippen LogP contribution in [0.4, 0.5) is 5.69 Å². The van der Waals surface area contributed by atoms with E-state index in [1.54, 1.807) is 36.1 Å². The second-order valence-electron chi connectivity index (χ2n) is 4.30. The number of para-hydroxylation sites is 1. The summed E-state index contributed by atoms with van der Waals surface area (Å²) in [4.78, 5) is 11.8. The number of hydrogen-bond donors (Lipinski definition) is 0. The summed E-state index contributed by atoms with van der Waals surface area (Å²) >= 11 is 0. The molecule has 0 amide bonds. The standard InChI is InChI=1S/C14H17N4O.ClH/c1-16-10-9-13(17(2)14(16)19)11-15-18(3)12-7-5-4-6-8-12;/h4-11H,1-3H3;1H/q+1;/p-1. The van der Waals surface area contributed by atoms with Crippen molar-refractivity contribution in [2.75, 3.05) is 12.1 Å². The molecule has 5 nitrogen and oxygen atoms in total. The lowest BCUT2D eigenvalue weighted by Gasteiger charge is -2.11. The van der Waals surface area contributed by atoms with E-state index in [9.17, 15) is 4.79 Å². The van der Waals surface area contributed by atoms with Gasteiger partial charge in [0.25, 0.3) is 0 Å². The highest BCUT2D eigenvalue weighted by Crippen LogP contribution is 2.10. The van der Waals surface area contributed by atoms with Crippen LogP contribution < -0.4 is 27.7 Å². The minimum Gasteiger partial charge on any atom is -1.00 e. The highest BCUT2D eigenvalue weighted by molar-refractivity contribution is 5.77. The van der Waals surface area contributed by atoms with E-state index >= 15 is 0 Å². The molecule has 0 bridgehead atoms. The Morgan fingerprint density at radius 3 is 2.55 bits per heavy atom. The Balaban J connectivity index is 0.00000200. The predicted octanol–water partition coefficient (Wildman–Crippen LogP) is -2.32. The number of rotatable bonds is 3. The number of hydrazone groups is 1. The SMILES string of the molecule is CN(N=Cc1cc[n+](C)c(=O)n1C)c1ccccc1.[Cl-]. The summed E-state index contributed by atoms with van der Waals surface area (Å²) in [6.45, 7) is 0. The van der Waals surface area contributed by atoms with Crippen molar-refractivity contribution in [1.29, 1.82) is 0 Å². The van der Waals surface area contributed by atoms with E-state index < -0.39 is 0 Å². The van der Waals surface area contributed by atoms with Gasteiger partial charge in [-0.3, -0.25) is 5.01 Å². The Morgan fingerprint density at radius 1 is 1.25 bits per heavy atom. The van der Waals surface area contributed by atoms with Crippen molar-refractivity contribution in [2.24, 2.45) is 19.2 Å². The van der Waals surface area contributed by atoms with E-state index in [0.29, 0.717) is 0 Å². The number of halogens is 1. The van der Waals surface area contributed by atoms with Crippen molar-refractivity contribution in [1.82, 2.24) is 4.57 Å². The quantitative estimate of drug-likeness (QED) is 0.362. The van der Waals surface area contributed by atoms with Crippen molar-refractivity contribution in [3.05, 3.63) is 58.8 Å². The van der Waals surface area contributed by atoms with Crippen LogP contribution in [0.5, 0.6) is 0 Å². The Kier molecular flexibility index (Phi) is 5.46. The van der Waals surface area contributed by atoms with Crippen LogP contribution >= 0.6 is 0 Å². The first-order chi connectivity index (χ1) is 9.09. The molecule has 106 valence electrons. The molecule has 1 heterocycles. The number of aryl methyl sites for hydroxylation is 1. The molecule has 1 aromatic carbocycles. The summed E-state index contributed by atoms with van der Waals surface area (Å²) in [7, 11) is 5.32. The zero-order chi connectivity index (χ0) is 13.8. The molecule has 0 aliphatic rings. The normalized spacial score (nSPS) is 10.3. The lowest BCUT2D eigenvalue weighted by atomic mass is 10.3. The first-order valence-corrected chi connectivity index (χ1v) is 5.98. The highest BCUT2D eigenvalue weighted by atomic mass is 35.5. The lowest BCUT2D eigenvalue weighted by Crippen LogP contribution is -3.00. The number of hydrogen-bond acceptors (Lipinski definition) is 3. The van der Waals surface area contributed by atoms with Crippen LogP contribution in [-0.4, -0.2) is 17.8 Å². The zero-order valence-corrected chi connectivity index (χ0v) is 12.4. The third-order valence-corrected chi connectivity index (χ3v) is 2.94. The van der Waals surface area contributed by atoms with Crippen molar-refractivity contribution in [3.8, 4) is 0 Å². The van der Waals surface area contributed by atoms with Crippen LogP contribution in [0.3, 0.4) is 0 Å². The minimum absolute atomic E-state index is 0. The summed E-state index contributed by atoms with van der Waals surface area (Å²) in [6, 6.07) is 11.7. The molecule has 0 aliphatic carbocycles. The highest BCUT2D eigenvalue weighted by Gasteiger charge is 2.07. The molecule has 0 aliphatic heterocycles. The van der Waals surface area contributed by atoms with E-state index in [4.69, 9.17) is 0 Å². The van der Waals surface area contributed by atoms with Crippen molar-refractivity contribution < 1.29 is 17.0 Å². The van der Waals surface area contributed by atoms with Gasteiger partial charge in [-0.1, -0.05) is 18.2 Å². The molecule has 6 heteroatoms. The molecule has 1 aromatic heterocycles. The fraction of sp³-hybridized carbons (Fsp3) is 0.214. The summed E-state index contributed by atoms with van der Waals surface area (Å²) < 4.78 is 3.08. The number of nitrogens with zero attached hydrogens (tertiary/aromatic N) is 4. The molecule has 20 heavy (non-hydrogen) atoms. The first-order valence-electron chi connectivity index (χ1n) is 5.98. The molecule has 0 radical (unpaired) electrons. The van der Waals surface area contributed by atoms with Gasteiger partial charge in [-0.2, -0.15) is 14.5 Å². The molecule has 0 unspecified atom stereocenters. The number of benzene rings is 1. The summed E-state index contributed by atoms with van der Waals surface area (Å²) in [5, 5.41) is 6.10. The van der Waals surface area contributed by atoms with Crippen molar-refractivity contribution in [2.45, 2.75) is 0 Å². The van der Waals surface area contributed by atoms with E-state index in [2.05, 4.69) is 5.10 Å². The van der Waals surface area contributed by atoms with Crippen LogP contribution in [0.1, 0.15) is 5.69 Å². The molecule has 2 rings (SSSR count). The van der Waals surface area contributed by atoms with Crippen molar-refractivity contribution in [3.63, 3.8) is 0 Å². The summed E-state index contributed by atoms with van der Waals surface area (Å²) in [5.74, 6) is 0. The Morgan fingerprint density at radius 2 is 1.90 bits per heavy atom. The van der Waals surface area contributed by atoms with Crippen LogP contribution in [0, 0.1) is 0 Å². The number of anilines is 1. The Labute approximate surface area is 124 Å². The average molecular weight is 293 g/mol. The third-order valence-electron chi connectivity index (χ3n) is 2.94. The molecular weight excluding hydrogens is 276 g/mol. The van der Waals surface area contributed by atoms with E-state index in [-0.39, 0.29) is 18.1 Å².